The maximum Gasteiger partial charge on any atom is 0.00104 e. The Hall–Kier alpha value is -0.0400. The molecule has 1 heteroatoms. The quantitative estimate of drug-likeness (QED) is 0.712. The molecule has 0 radical (unpaired) electrons. The van der Waals surface area contributed by atoms with E-state index in [1.165, 1.54) is 38.8 Å². The molecule has 0 amide bonds. The average molecular weight is 197 g/mol. The lowest BCUT2D eigenvalue weighted by Gasteiger charge is -2.34. The van der Waals surface area contributed by atoms with Gasteiger partial charge in [-0.3, -0.25) is 0 Å². The molecular formula is C13H27N. The van der Waals surface area contributed by atoms with Crippen LogP contribution in [-0.2, 0) is 0 Å². The van der Waals surface area contributed by atoms with Gasteiger partial charge in [-0.15, -0.1) is 0 Å². The molecule has 1 nitrogen and oxygen atoms in total. The maximum atomic E-state index is 3.65. The second-order valence-electron chi connectivity index (χ2n) is 5.75. The Kier molecular flexibility index (Phi) is 4.43. The van der Waals surface area contributed by atoms with Gasteiger partial charge >= 0.3 is 0 Å². The Morgan fingerprint density at radius 3 is 2.07 bits per heavy atom. The number of nitrogens with one attached hydrogen (secondary N) is 1. The summed E-state index contributed by atoms with van der Waals surface area (Å²) >= 11 is 0. The third-order valence-corrected chi connectivity index (χ3v) is 3.85. The zero-order chi connectivity index (χ0) is 10.6. The van der Waals surface area contributed by atoms with Crippen LogP contribution in [0.25, 0.3) is 0 Å². The highest BCUT2D eigenvalue weighted by molar-refractivity contribution is 4.89. The molecule has 0 heterocycles. The van der Waals surface area contributed by atoms with Gasteiger partial charge in [-0.05, 0) is 36.6 Å². The molecular weight excluding hydrogens is 170 g/mol. The smallest absolute Gasteiger partial charge is 0.00104 e. The van der Waals surface area contributed by atoms with Crippen LogP contribution < -0.4 is 5.32 Å². The Bertz CT molecular complexity index is 155. The SMILES string of the molecule is CC(C)CNCC1(C(C)C)CCCC1. The van der Waals surface area contributed by atoms with Crippen molar-refractivity contribution >= 4 is 0 Å². The third-order valence-electron chi connectivity index (χ3n) is 3.85. The van der Waals surface area contributed by atoms with Crippen molar-refractivity contribution in [3.05, 3.63) is 0 Å². The largest absolute Gasteiger partial charge is 0.316 e. The standard InChI is InChI=1S/C13H27N/c1-11(2)9-14-10-13(12(3)4)7-5-6-8-13/h11-12,14H,5-10H2,1-4H3. The fraction of sp³-hybridized carbons (Fsp3) is 1.00. The summed E-state index contributed by atoms with van der Waals surface area (Å²) in [5, 5.41) is 3.65. The fourth-order valence-electron chi connectivity index (χ4n) is 2.65. The highest BCUT2D eigenvalue weighted by atomic mass is 14.9. The minimum absolute atomic E-state index is 0.620. The lowest BCUT2D eigenvalue weighted by atomic mass is 9.75. The molecule has 0 aliphatic heterocycles. The van der Waals surface area contributed by atoms with Crippen molar-refractivity contribution in [3.63, 3.8) is 0 Å². The molecule has 1 saturated carbocycles. The van der Waals surface area contributed by atoms with E-state index < -0.39 is 0 Å². The van der Waals surface area contributed by atoms with E-state index in [-0.39, 0.29) is 0 Å². The Morgan fingerprint density at radius 1 is 1.07 bits per heavy atom. The summed E-state index contributed by atoms with van der Waals surface area (Å²) in [4.78, 5) is 0. The molecule has 0 saturated heterocycles. The van der Waals surface area contributed by atoms with Crippen LogP contribution in [0.15, 0.2) is 0 Å². The maximum absolute atomic E-state index is 3.65. The average Bonchev–Trinajstić information content (AvgIpc) is 2.53. The van der Waals surface area contributed by atoms with Crippen LogP contribution in [0.4, 0.5) is 0 Å². The molecule has 1 fully saturated rings. The summed E-state index contributed by atoms with van der Waals surface area (Å²) in [6.07, 6.45) is 5.77. The van der Waals surface area contributed by atoms with Crippen LogP contribution in [-0.4, -0.2) is 13.1 Å². The van der Waals surface area contributed by atoms with Crippen LogP contribution >= 0.6 is 0 Å². The van der Waals surface area contributed by atoms with E-state index in [0.717, 1.165) is 11.8 Å². The summed E-state index contributed by atoms with van der Waals surface area (Å²) in [6.45, 7) is 11.8. The van der Waals surface area contributed by atoms with Crippen molar-refractivity contribution in [1.82, 2.24) is 5.32 Å². The number of rotatable bonds is 5. The van der Waals surface area contributed by atoms with Gasteiger partial charge in [0, 0.05) is 6.54 Å². The van der Waals surface area contributed by atoms with E-state index >= 15 is 0 Å². The molecule has 0 atom stereocenters. The van der Waals surface area contributed by atoms with Crippen molar-refractivity contribution in [2.24, 2.45) is 17.3 Å². The van der Waals surface area contributed by atoms with Crippen molar-refractivity contribution in [3.8, 4) is 0 Å². The first-order chi connectivity index (χ1) is 6.57. The summed E-state index contributed by atoms with van der Waals surface area (Å²) in [5.74, 6) is 1.62. The van der Waals surface area contributed by atoms with Gasteiger partial charge in [0.25, 0.3) is 0 Å². The predicted octanol–water partition coefficient (Wildman–Crippen LogP) is 3.45. The fourth-order valence-corrected chi connectivity index (χ4v) is 2.65. The summed E-state index contributed by atoms with van der Waals surface area (Å²) < 4.78 is 0. The minimum atomic E-state index is 0.620. The third kappa shape index (κ3) is 2.98. The van der Waals surface area contributed by atoms with Crippen LogP contribution in [0.3, 0.4) is 0 Å². The highest BCUT2D eigenvalue weighted by Crippen LogP contribution is 2.43. The van der Waals surface area contributed by atoms with E-state index in [2.05, 4.69) is 33.0 Å². The summed E-state index contributed by atoms with van der Waals surface area (Å²) in [6, 6.07) is 0. The molecule has 0 aromatic carbocycles. The molecule has 1 N–H and O–H groups in total. The van der Waals surface area contributed by atoms with Crippen molar-refractivity contribution in [2.45, 2.75) is 53.4 Å². The molecule has 0 aromatic heterocycles. The molecule has 84 valence electrons. The van der Waals surface area contributed by atoms with Crippen LogP contribution in [0.2, 0.25) is 0 Å². The Morgan fingerprint density at radius 2 is 1.64 bits per heavy atom. The summed E-state index contributed by atoms with van der Waals surface area (Å²) in [5.41, 5.74) is 0.620. The molecule has 1 aliphatic rings. The lowest BCUT2D eigenvalue weighted by molar-refractivity contribution is 0.187. The van der Waals surface area contributed by atoms with E-state index in [4.69, 9.17) is 0 Å². The first-order valence-electron chi connectivity index (χ1n) is 6.27. The summed E-state index contributed by atoms with van der Waals surface area (Å²) in [7, 11) is 0. The molecule has 1 aliphatic carbocycles. The van der Waals surface area contributed by atoms with Gasteiger partial charge in [-0.25, -0.2) is 0 Å². The van der Waals surface area contributed by atoms with E-state index in [9.17, 15) is 0 Å². The first kappa shape index (κ1) is 12.0. The van der Waals surface area contributed by atoms with Crippen LogP contribution in [0.1, 0.15) is 53.4 Å². The second kappa shape index (κ2) is 5.16. The molecule has 0 aromatic rings. The lowest BCUT2D eigenvalue weighted by Crippen LogP contribution is -2.37. The van der Waals surface area contributed by atoms with Gasteiger partial charge < -0.3 is 5.32 Å². The topological polar surface area (TPSA) is 12.0 Å². The zero-order valence-corrected chi connectivity index (χ0v) is 10.4. The zero-order valence-electron chi connectivity index (χ0n) is 10.4. The van der Waals surface area contributed by atoms with Gasteiger partial charge in [0.05, 0.1) is 0 Å². The van der Waals surface area contributed by atoms with Gasteiger partial charge in [0.15, 0.2) is 0 Å². The Labute approximate surface area is 89.7 Å². The second-order valence-corrected chi connectivity index (χ2v) is 5.75. The monoisotopic (exact) mass is 197 g/mol. The van der Waals surface area contributed by atoms with E-state index in [0.29, 0.717) is 5.41 Å². The van der Waals surface area contributed by atoms with Crippen LogP contribution in [0, 0.1) is 17.3 Å². The molecule has 14 heavy (non-hydrogen) atoms. The minimum Gasteiger partial charge on any atom is -0.316 e. The van der Waals surface area contributed by atoms with Gasteiger partial charge in [0.1, 0.15) is 0 Å². The molecule has 0 spiro atoms. The first-order valence-corrected chi connectivity index (χ1v) is 6.27. The van der Waals surface area contributed by atoms with Gasteiger partial charge in [-0.1, -0.05) is 40.5 Å². The van der Waals surface area contributed by atoms with Crippen molar-refractivity contribution in [2.75, 3.05) is 13.1 Å². The number of hydrogen-bond acceptors (Lipinski definition) is 1. The molecule has 0 bridgehead atoms. The Balaban J connectivity index is 2.36. The van der Waals surface area contributed by atoms with E-state index in [1.54, 1.807) is 0 Å². The van der Waals surface area contributed by atoms with Crippen molar-refractivity contribution < 1.29 is 0 Å². The van der Waals surface area contributed by atoms with Crippen molar-refractivity contribution in [1.29, 1.82) is 0 Å². The normalized spacial score (nSPS) is 21.0. The molecule has 1 rings (SSSR count). The predicted molar refractivity (Wildman–Crippen MR) is 63.4 cm³/mol. The number of hydrogen-bond donors (Lipinski definition) is 1. The van der Waals surface area contributed by atoms with Gasteiger partial charge in [-0.2, -0.15) is 0 Å². The van der Waals surface area contributed by atoms with Crippen LogP contribution in [0.5, 0.6) is 0 Å². The van der Waals surface area contributed by atoms with E-state index in [1.807, 2.05) is 0 Å². The van der Waals surface area contributed by atoms with Gasteiger partial charge in [0.2, 0.25) is 0 Å². The highest BCUT2D eigenvalue weighted by Gasteiger charge is 2.36. The molecule has 0 unspecified atom stereocenters.